The third-order valence-electron chi connectivity index (χ3n) is 11.9. The van der Waals surface area contributed by atoms with Crippen molar-refractivity contribution in [2.75, 3.05) is 0 Å². The van der Waals surface area contributed by atoms with E-state index in [1.807, 2.05) is 30.3 Å². The molecule has 0 unspecified atom stereocenters. The summed E-state index contributed by atoms with van der Waals surface area (Å²) in [6, 6.07) is 69.5. The van der Waals surface area contributed by atoms with Crippen LogP contribution < -0.4 is 0 Å². The monoisotopic (exact) mass is 712 g/mol. The summed E-state index contributed by atoms with van der Waals surface area (Å²) < 4.78 is 6.30. The van der Waals surface area contributed by atoms with E-state index in [4.69, 9.17) is 14.4 Å². The number of rotatable bonds is 4. The summed E-state index contributed by atoms with van der Waals surface area (Å²) in [4.78, 5) is 10.6. The van der Waals surface area contributed by atoms with E-state index >= 15 is 0 Å². The quantitative estimate of drug-likeness (QED) is 0.182. The molecule has 3 heteroatoms. The predicted octanol–water partition coefficient (Wildman–Crippen LogP) is 13.4. The highest BCUT2D eigenvalue weighted by molar-refractivity contribution is 6.12. The van der Waals surface area contributed by atoms with Gasteiger partial charge in [0.15, 0.2) is 5.82 Å². The van der Waals surface area contributed by atoms with Crippen LogP contribution in [0.5, 0.6) is 0 Å². The lowest BCUT2D eigenvalue weighted by molar-refractivity contribution is 0.669. The molecule has 56 heavy (non-hydrogen) atoms. The van der Waals surface area contributed by atoms with Crippen LogP contribution in [-0.2, 0) is 5.41 Å². The number of hydrogen-bond acceptors (Lipinski definition) is 3. The topological polar surface area (TPSA) is 38.9 Å². The smallest absolute Gasteiger partial charge is 0.160 e. The number of para-hydroxylation sites is 1. The van der Waals surface area contributed by atoms with Gasteiger partial charge in [-0.15, -0.1) is 0 Å². The minimum absolute atomic E-state index is 0.396. The first-order valence-electron chi connectivity index (χ1n) is 19.2. The highest BCUT2D eigenvalue weighted by Crippen LogP contribution is 2.64. The molecule has 8 aromatic carbocycles. The van der Waals surface area contributed by atoms with Crippen molar-refractivity contribution in [1.29, 1.82) is 0 Å². The molecule has 2 aliphatic rings. The molecule has 260 valence electrons. The molecule has 12 rings (SSSR count). The summed E-state index contributed by atoms with van der Waals surface area (Å²) >= 11 is 0. The normalized spacial score (nSPS) is 13.1. The number of hydrogen-bond donors (Lipinski definition) is 0. The Morgan fingerprint density at radius 3 is 1.70 bits per heavy atom. The van der Waals surface area contributed by atoms with Crippen LogP contribution in [0.25, 0.3) is 89.2 Å². The van der Waals surface area contributed by atoms with E-state index in [0.717, 1.165) is 55.6 Å². The largest absolute Gasteiger partial charge is 0.456 e. The Morgan fingerprint density at radius 1 is 0.357 bits per heavy atom. The van der Waals surface area contributed by atoms with Gasteiger partial charge in [0.25, 0.3) is 0 Å². The molecule has 2 aromatic heterocycles. The lowest BCUT2D eigenvalue weighted by Crippen LogP contribution is -2.25. The molecule has 2 aliphatic carbocycles. The number of benzene rings is 8. The Morgan fingerprint density at radius 2 is 0.893 bits per heavy atom. The molecule has 0 amide bonds. The van der Waals surface area contributed by atoms with E-state index in [0.29, 0.717) is 5.82 Å². The minimum Gasteiger partial charge on any atom is -0.456 e. The zero-order valence-electron chi connectivity index (χ0n) is 30.3. The van der Waals surface area contributed by atoms with Crippen molar-refractivity contribution in [3.63, 3.8) is 0 Å². The average molecular weight is 713 g/mol. The molecule has 0 saturated heterocycles. The first kappa shape index (κ1) is 31.0. The number of fused-ring (bicyclic) bond motifs is 13. The van der Waals surface area contributed by atoms with Crippen LogP contribution in [-0.4, -0.2) is 9.97 Å². The second kappa shape index (κ2) is 11.8. The molecule has 0 fully saturated rings. The summed E-state index contributed by atoms with van der Waals surface area (Å²) in [7, 11) is 0. The standard InChI is InChI=1S/C53H32N2O/c1-2-15-33(16-3-1)46-32-47(40-24-14-30-49-51(40)41-22-7-11-29-48(41)56-49)55-52(54-46)35-18-12-17-34(31-35)36-23-13-28-45-50(36)39-21-6-10-27-44(39)53(45)42-25-8-4-19-37(42)38-20-5-9-26-43(38)53/h1-32H. The predicted molar refractivity (Wildman–Crippen MR) is 227 cm³/mol. The van der Waals surface area contributed by atoms with Crippen LogP contribution in [0.2, 0.25) is 0 Å². The highest BCUT2D eigenvalue weighted by Gasteiger charge is 2.51. The minimum atomic E-state index is -0.396. The van der Waals surface area contributed by atoms with Crippen molar-refractivity contribution in [2.45, 2.75) is 5.41 Å². The second-order valence-corrected chi connectivity index (χ2v) is 14.8. The lowest BCUT2D eigenvalue weighted by Gasteiger charge is -2.30. The van der Waals surface area contributed by atoms with Crippen molar-refractivity contribution in [3.05, 3.63) is 216 Å². The van der Waals surface area contributed by atoms with Gasteiger partial charge in [-0.3, -0.25) is 0 Å². The van der Waals surface area contributed by atoms with Gasteiger partial charge < -0.3 is 4.42 Å². The Balaban J connectivity index is 1.07. The first-order valence-corrected chi connectivity index (χ1v) is 19.2. The van der Waals surface area contributed by atoms with Crippen LogP contribution in [0.15, 0.2) is 199 Å². The molecule has 0 N–H and O–H groups in total. The number of furan rings is 1. The molecule has 0 aliphatic heterocycles. The Kier molecular flexibility index (Phi) is 6.55. The van der Waals surface area contributed by atoms with Crippen molar-refractivity contribution < 1.29 is 4.42 Å². The van der Waals surface area contributed by atoms with Crippen molar-refractivity contribution in [3.8, 4) is 67.3 Å². The summed E-state index contributed by atoms with van der Waals surface area (Å²) in [5.74, 6) is 0.677. The van der Waals surface area contributed by atoms with Gasteiger partial charge in [-0.25, -0.2) is 9.97 Å². The summed E-state index contributed by atoms with van der Waals surface area (Å²) in [6.45, 7) is 0. The zero-order chi connectivity index (χ0) is 36.8. The average Bonchev–Trinajstić information content (AvgIpc) is 3.91. The highest BCUT2D eigenvalue weighted by atomic mass is 16.3. The maximum absolute atomic E-state index is 6.30. The van der Waals surface area contributed by atoms with E-state index in [1.54, 1.807) is 0 Å². The SMILES string of the molecule is c1ccc(-c2cc(-c3cccc4oc5ccccc5c34)nc(-c3cccc(-c4cccc5c4-c4ccccc4C54c5ccccc5-c5ccccc54)c3)n2)cc1. The first-order chi connectivity index (χ1) is 27.8. The van der Waals surface area contributed by atoms with E-state index in [2.05, 4.69) is 164 Å². The van der Waals surface area contributed by atoms with Crippen LogP contribution in [0.1, 0.15) is 22.3 Å². The maximum Gasteiger partial charge on any atom is 0.160 e. The summed E-state index contributed by atoms with van der Waals surface area (Å²) in [5, 5.41) is 2.13. The van der Waals surface area contributed by atoms with Gasteiger partial charge in [0.05, 0.1) is 16.8 Å². The van der Waals surface area contributed by atoms with Crippen molar-refractivity contribution >= 4 is 21.9 Å². The third kappa shape index (κ3) is 4.28. The van der Waals surface area contributed by atoms with Crippen LogP contribution in [0, 0.1) is 0 Å². The Bertz CT molecular complexity index is 3170. The van der Waals surface area contributed by atoms with Crippen molar-refractivity contribution in [1.82, 2.24) is 9.97 Å². The van der Waals surface area contributed by atoms with Crippen molar-refractivity contribution in [2.24, 2.45) is 0 Å². The van der Waals surface area contributed by atoms with E-state index in [1.165, 1.54) is 50.1 Å². The molecule has 3 nitrogen and oxygen atoms in total. The fourth-order valence-corrected chi connectivity index (χ4v) is 9.67. The van der Waals surface area contributed by atoms with Crippen LogP contribution in [0.3, 0.4) is 0 Å². The second-order valence-electron chi connectivity index (χ2n) is 14.8. The van der Waals surface area contributed by atoms with Gasteiger partial charge in [0, 0.05) is 27.5 Å². The number of aromatic nitrogens is 2. The molecule has 2 heterocycles. The Hall–Kier alpha value is -7.36. The molecular formula is C53H32N2O. The molecule has 0 atom stereocenters. The van der Waals surface area contributed by atoms with Crippen LogP contribution in [0.4, 0.5) is 0 Å². The fraction of sp³-hybridized carbons (Fsp3) is 0.0189. The molecule has 0 radical (unpaired) electrons. The summed E-state index contributed by atoms with van der Waals surface area (Å²) in [5.41, 5.74) is 18.9. The molecule has 0 saturated carbocycles. The van der Waals surface area contributed by atoms with E-state index in [9.17, 15) is 0 Å². The van der Waals surface area contributed by atoms with Gasteiger partial charge in [0.2, 0.25) is 0 Å². The Labute approximate surface area is 324 Å². The van der Waals surface area contributed by atoms with Gasteiger partial charge in [-0.2, -0.15) is 0 Å². The third-order valence-corrected chi connectivity index (χ3v) is 11.9. The fourth-order valence-electron chi connectivity index (χ4n) is 9.67. The van der Waals surface area contributed by atoms with Gasteiger partial charge in [-0.05, 0) is 79.9 Å². The van der Waals surface area contributed by atoms with Gasteiger partial charge in [-0.1, -0.05) is 170 Å². The molecule has 0 bridgehead atoms. The van der Waals surface area contributed by atoms with E-state index < -0.39 is 5.41 Å². The maximum atomic E-state index is 6.30. The van der Waals surface area contributed by atoms with Gasteiger partial charge in [0.1, 0.15) is 11.2 Å². The zero-order valence-corrected chi connectivity index (χ0v) is 30.3. The summed E-state index contributed by atoms with van der Waals surface area (Å²) in [6.07, 6.45) is 0. The molecule has 10 aromatic rings. The molecule has 1 spiro atoms. The van der Waals surface area contributed by atoms with E-state index in [-0.39, 0.29) is 0 Å². The lowest BCUT2D eigenvalue weighted by atomic mass is 9.70. The van der Waals surface area contributed by atoms with Crippen LogP contribution >= 0.6 is 0 Å². The van der Waals surface area contributed by atoms with Gasteiger partial charge >= 0.3 is 0 Å². The number of nitrogens with zero attached hydrogens (tertiary/aromatic N) is 2. The molecular weight excluding hydrogens is 681 g/mol.